The van der Waals surface area contributed by atoms with Gasteiger partial charge < -0.3 is 0 Å². The first-order valence-electron chi connectivity index (χ1n) is 5.77. The third-order valence-electron chi connectivity index (χ3n) is 4.93. The molecule has 0 heteroatoms. The molecule has 0 nitrogen and oxygen atoms in total. The molecular formula is C14H19. The van der Waals surface area contributed by atoms with Gasteiger partial charge in [0.05, 0.1) is 0 Å². The quantitative estimate of drug-likeness (QED) is 0.543. The summed E-state index contributed by atoms with van der Waals surface area (Å²) in [4.78, 5) is 0. The summed E-state index contributed by atoms with van der Waals surface area (Å²) in [6.07, 6.45) is 5.18. The van der Waals surface area contributed by atoms with Crippen LogP contribution in [0.1, 0.15) is 40.5 Å². The summed E-state index contributed by atoms with van der Waals surface area (Å²) in [5, 5.41) is 0. The van der Waals surface area contributed by atoms with E-state index in [-0.39, 0.29) is 0 Å². The zero-order valence-electron chi connectivity index (χ0n) is 9.65. The highest BCUT2D eigenvalue weighted by molar-refractivity contribution is 5.59. The summed E-state index contributed by atoms with van der Waals surface area (Å²) < 4.78 is 0. The number of rotatable bonds is 0. The molecule has 2 bridgehead atoms. The fourth-order valence-electron chi connectivity index (χ4n) is 3.79. The van der Waals surface area contributed by atoms with Crippen LogP contribution in [0.15, 0.2) is 0 Å². The predicted octanol–water partition coefficient (Wildman–Crippen LogP) is 3.61. The van der Waals surface area contributed by atoms with Gasteiger partial charge in [-0.2, -0.15) is 0 Å². The van der Waals surface area contributed by atoms with Crippen molar-refractivity contribution in [3.8, 4) is 0 Å². The standard InChI is InChI=1S/C14H19/c1-8-5-9(2)13-11(8)6-10-7-12(13)14(10,3)4/h5,10,12H,6-7H2,1-4H3. The molecule has 4 saturated carbocycles. The molecule has 0 aliphatic heterocycles. The molecule has 0 amide bonds. The van der Waals surface area contributed by atoms with E-state index in [2.05, 4.69) is 34.1 Å². The van der Waals surface area contributed by atoms with Crippen LogP contribution >= 0.6 is 0 Å². The predicted molar refractivity (Wildman–Crippen MR) is 58.6 cm³/mol. The summed E-state index contributed by atoms with van der Waals surface area (Å²) in [7, 11) is 0. The summed E-state index contributed by atoms with van der Waals surface area (Å²) in [6, 6.07) is 0. The van der Waals surface area contributed by atoms with Crippen LogP contribution in [0.4, 0.5) is 0 Å². The molecule has 5 radical (unpaired) electrons. The monoisotopic (exact) mass is 187 g/mol. The Bertz CT molecular complexity index is 253. The van der Waals surface area contributed by atoms with E-state index in [1.165, 1.54) is 12.8 Å². The van der Waals surface area contributed by atoms with Crippen molar-refractivity contribution in [3.05, 3.63) is 30.1 Å². The van der Waals surface area contributed by atoms with Gasteiger partial charge in [-0.25, -0.2) is 0 Å². The minimum absolute atomic E-state index is 0.582. The summed E-state index contributed by atoms with van der Waals surface area (Å²) in [6.45, 7) is 9.48. The molecule has 0 aromatic heterocycles. The van der Waals surface area contributed by atoms with Gasteiger partial charge in [0.25, 0.3) is 0 Å². The van der Waals surface area contributed by atoms with Crippen molar-refractivity contribution in [3.63, 3.8) is 0 Å². The molecule has 4 rings (SSSR count). The van der Waals surface area contributed by atoms with Crippen molar-refractivity contribution in [1.82, 2.24) is 0 Å². The third kappa shape index (κ3) is 0.907. The second-order valence-corrected chi connectivity index (χ2v) is 5.91. The molecule has 0 spiro atoms. The Morgan fingerprint density at radius 2 is 1.93 bits per heavy atom. The van der Waals surface area contributed by atoms with E-state index in [4.69, 9.17) is 0 Å². The van der Waals surface area contributed by atoms with Crippen molar-refractivity contribution in [1.29, 1.82) is 0 Å². The molecule has 4 fully saturated rings. The van der Waals surface area contributed by atoms with Gasteiger partial charge in [0, 0.05) is 0 Å². The first-order chi connectivity index (χ1) is 6.51. The number of hydrogen-bond donors (Lipinski definition) is 0. The van der Waals surface area contributed by atoms with Gasteiger partial charge in [0.2, 0.25) is 0 Å². The van der Waals surface area contributed by atoms with Crippen LogP contribution in [-0.4, -0.2) is 0 Å². The van der Waals surface area contributed by atoms with Gasteiger partial charge >= 0.3 is 0 Å². The largest absolute Gasteiger partial charge is 0.0594 e. The molecule has 2 atom stereocenters. The van der Waals surface area contributed by atoms with Crippen LogP contribution < -0.4 is 0 Å². The Hall–Kier alpha value is 0. The summed E-state index contributed by atoms with van der Waals surface area (Å²) in [5.41, 5.74) is 0.582. The molecule has 0 heterocycles. The lowest BCUT2D eigenvalue weighted by atomic mass is 9.42. The fourth-order valence-corrected chi connectivity index (χ4v) is 3.79. The minimum Gasteiger partial charge on any atom is -0.0594 e. The second-order valence-electron chi connectivity index (χ2n) is 5.91. The lowest BCUT2D eigenvalue weighted by Gasteiger charge is -2.62. The molecule has 4 aliphatic carbocycles. The Balaban J connectivity index is 1.90. The highest BCUT2D eigenvalue weighted by Gasteiger charge is 2.62. The molecule has 75 valence electrons. The fraction of sp³-hybridized carbons (Fsp3) is 0.643. The molecule has 0 aromatic carbocycles. The van der Waals surface area contributed by atoms with Crippen LogP contribution in [0.2, 0.25) is 0 Å². The zero-order valence-corrected chi connectivity index (χ0v) is 9.65. The lowest BCUT2D eigenvalue weighted by Crippen LogP contribution is -2.54. The van der Waals surface area contributed by atoms with Crippen molar-refractivity contribution < 1.29 is 0 Å². The van der Waals surface area contributed by atoms with Gasteiger partial charge in [-0.3, -0.25) is 0 Å². The van der Waals surface area contributed by atoms with Gasteiger partial charge in [-0.05, 0) is 60.2 Å². The van der Waals surface area contributed by atoms with Gasteiger partial charge in [-0.15, -0.1) is 0 Å². The van der Waals surface area contributed by atoms with Crippen molar-refractivity contribution in [2.24, 2.45) is 17.3 Å². The molecular weight excluding hydrogens is 168 g/mol. The van der Waals surface area contributed by atoms with Crippen LogP contribution in [0.25, 0.3) is 0 Å². The van der Waals surface area contributed by atoms with Crippen molar-refractivity contribution in [2.45, 2.75) is 40.5 Å². The van der Waals surface area contributed by atoms with E-state index < -0.39 is 0 Å². The maximum absolute atomic E-state index is 2.45. The Kier molecular flexibility index (Phi) is 1.70. The van der Waals surface area contributed by atoms with Crippen LogP contribution in [0, 0.1) is 47.3 Å². The van der Waals surface area contributed by atoms with Gasteiger partial charge in [-0.1, -0.05) is 27.7 Å². The van der Waals surface area contributed by atoms with E-state index in [0.29, 0.717) is 5.41 Å². The van der Waals surface area contributed by atoms with Crippen molar-refractivity contribution >= 4 is 0 Å². The normalized spacial score (nSPS) is 43.7. The minimum atomic E-state index is 0.582. The van der Waals surface area contributed by atoms with Gasteiger partial charge in [0.1, 0.15) is 0 Å². The maximum atomic E-state index is 2.45. The van der Waals surface area contributed by atoms with E-state index in [9.17, 15) is 0 Å². The van der Waals surface area contributed by atoms with E-state index in [0.717, 1.165) is 11.8 Å². The Morgan fingerprint density at radius 1 is 1.21 bits per heavy atom. The highest BCUT2D eigenvalue weighted by Crippen LogP contribution is 2.70. The van der Waals surface area contributed by atoms with E-state index >= 15 is 0 Å². The molecule has 0 saturated heterocycles. The summed E-state index contributed by atoms with van der Waals surface area (Å²) in [5.74, 6) is 8.33. The second kappa shape index (κ2) is 2.57. The number of hydrogen-bond acceptors (Lipinski definition) is 0. The van der Waals surface area contributed by atoms with Crippen LogP contribution in [0.3, 0.4) is 0 Å². The first kappa shape index (κ1) is 9.24. The van der Waals surface area contributed by atoms with E-state index in [1.807, 2.05) is 0 Å². The Morgan fingerprint density at radius 3 is 2.57 bits per heavy atom. The average molecular weight is 187 g/mol. The molecule has 0 N–H and O–H groups in total. The van der Waals surface area contributed by atoms with Crippen LogP contribution in [0.5, 0.6) is 0 Å². The first-order valence-corrected chi connectivity index (χ1v) is 5.77. The topological polar surface area (TPSA) is 0 Å². The molecule has 14 heavy (non-hydrogen) atoms. The smallest absolute Gasteiger partial charge is 0.00632 e. The molecule has 4 aliphatic rings. The SMILES string of the molecule is C[C]1[CH][C](C)[C]2[C]1CC1CC2C1(C)C. The zero-order chi connectivity index (χ0) is 10.1. The highest BCUT2D eigenvalue weighted by atomic mass is 14.7. The van der Waals surface area contributed by atoms with Crippen molar-refractivity contribution in [2.75, 3.05) is 0 Å². The van der Waals surface area contributed by atoms with Gasteiger partial charge in [0.15, 0.2) is 0 Å². The maximum Gasteiger partial charge on any atom is -0.00632 e. The van der Waals surface area contributed by atoms with E-state index in [1.54, 1.807) is 23.7 Å². The lowest BCUT2D eigenvalue weighted by molar-refractivity contribution is -0.0342. The third-order valence-corrected chi connectivity index (χ3v) is 4.93. The molecule has 0 aromatic rings. The molecule has 2 unspecified atom stereocenters. The Labute approximate surface area is 88.5 Å². The summed E-state index contributed by atoms with van der Waals surface area (Å²) >= 11 is 0. The average Bonchev–Trinajstić information content (AvgIpc) is 2.43. The van der Waals surface area contributed by atoms with Crippen LogP contribution in [-0.2, 0) is 0 Å².